The summed E-state index contributed by atoms with van der Waals surface area (Å²) < 4.78 is 70.7. The van der Waals surface area contributed by atoms with E-state index in [1.54, 1.807) is 0 Å². The average molecular weight is 371 g/mol. The number of aromatic nitrogens is 5. The van der Waals surface area contributed by atoms with E-state index in [1.807, 2.05) is 0 Å². The third-order valence-corrected chi connectivity index (χ3v) is 3.80. The first-order valence-electron chi connectivity index (χ1n) is 6.55. The third kappa shape index (κ3) is 3.49. The number of pyridine rings is 2. The van der Waals surface area contributed by atoms with Crippen LogP contribution in [0, 0.1) is 0 Å². The molecule has 25 heavy (non-hydrogen) atoms. The fourth-order valence-corrected chi connectivity index (χ4v) is 2.38. The molecule has 1 N–H and O–H groups in total. The third-order valence-electron chi connectivity index (χ3n) is 3.03. The number of halogens is 3. The normalized spacial score (nSPS) is 12.3. The zero-order chi connectivity index (χ0) is 18.2. The number of alkyl halides is 3. The quantitative estimate of drug-likeness (QED) is 0.701. The van der Waals surface area contributed by atoms with Crippen LogP contribution in [-0.4, -0.2) is 37.7 Å². The molecule has 0 aromatic carbocycles. The number of nitrogens with zero attached hydrogens (tertiary/aromatic N) is 5. The lowest BCUT2D eigenvalue weighted by Crippen LogP contribution is -2.09. The molecule has 3 heterocycles. The highest BCUT2D eigenvalue weighted by Crippen LogP contribution is 2.30. The Morgan fingerprint density at radius 1 is 1.08 bits per heavy atom. The molecule has 0 unspecified atom stereocenters. The zero-order valence-corrected chi connectivity index (χ0v) is 12.9. The Labute approximate surface area is 138 Å². The predicted octanol–water partition coefficient (Wildman–Crippen LogP) is 1.99. The van der Waals surface area contributed by atoms with E-state index in [4.69, 9.17) is 4.55 Å². The van der Waals surface area contributed by atoms with Crippen LogP contribution in [0.4, 0.5) is 13.2 Å². The number of rotatable bonds is 3. The maximum absolute atomic E-state index is 13.0. The molecule has 0 saturated carbocycles. The number of hydrogen-bond acceptors (Lipinski definition) is 6. The van der Waals surface area contributed by atoms with Crippen molar-refractivity contribution in [1.82, 2.24) is 24.7 Å². The summed E-state index contributed by atoms with van der Waals surface area (Å²) >= 11 is 0. The monoisotopic (exact) mass is 371 g/mol. The molecule has 8 nitrogen and oxygen atoms in total. The SMILES string of the molecule is O=S(=O)(O)c1ccc(-n2nc(C(F)(F)F)nc2-c2ccncc2)cn1. The minimum atomic E-state index is -4.77. The first kappa shape index (κ1) is 17.0. The van der Waals surface area contributed by atoms with Gasteiger partial charge in [0, 0.05) is 18.0 Å². The van der Waals surface area contributed by atoms with Crippen molar-refractivity contribution in [2.24, 2.45) is 0 Å². The molecule has 0 fully saturated rings. The first-order valence-corrected chi connectivity index (χ1v) is 7.99. The minimum Gasteiger partial charge on any atom is -0.281 e. The summed E-state index contributed by atoms with van der Waals surface area (Å²) in [5, 5.41) is 2.79. The van der Waals surface area contributed by atoms with Gasteiger partial charge in [-0.3, -0.25) is 9.54 Å². The van der Waals surface area contributed by atoms with Crippen molar-refractivity contribution in [2.45, 2.75) is 11.2 Å². The van der Waals surface area contributed by atoms with E-state index in [-0.39, 0.29) is 11.5 Å². The Kier molecular flexibility index (Phi) is 4.00. The zero-order valence-electron chi connectivity index (χ0n) is 12.1. The van der Waals surface area contributed by atoms with Gasteiger partial charge in [0.25, 0.3) is 5.82 Å². The van der Waals surface area contributed by atoms with Crippen LogP contribution in [0.15, 0.2) is 47.9 Å². The molecule has 0 aliphatic rings. The summed E-state index contributed by atoms with van der Waals surface area (Å²) in [4.78, 5) is 10.8. The molecule has 0 amide bonds. The van der Waals surface area contributed by atoms with Crippen molar-refractivity contribution in [3.63, 3.8) is 0 Å². The largest absolute Gasteiger partial charge is 0.453 e. The lowest BCUT2D eigenvalue weighted by Gasteiger charge is -2.05. The first-order chi connectivity index (χ1) is 11.7. The summed E-state index contributed by atoms with van der Waals surface area (Å²) in [7, 11) is -4.53. The Bertz CT molecular complexity index is 1000. The van der Waals surface area contributed by atoms with E-state index in [2.05, 4.69) is 20.1 Å². The van der Waals surface area contributed by atoms with Crippen LogP contribution >= 0.6 is 0 Å². The highest BCUT2D eigenvalue weighted by Gasteiger charge is 2.37. The summed E-state index contributed by atoms with van der Waals surface area (Å²) in [6, 6.07) is 4.98. The van der Waals surface area contributed by atoms with Gasteiger partial charge in [-0.2, -0.15) is 21.6 Å². The van der Waals surface area contributed by atoms with Crippen molar-refractivity contribution >= 4 is 10.1 Å². The second-order valence-corrected chi connectivity index (χ2v) is 6.10. The van der Waals surface area contributed by atoms with E-state index < -0.39 is 27.1 Å². The van der Waals surface area contributed by atoms with Crippen LogP contribution < -0.4 is 0 Å². The van der Waals surface area contributed by atoms with Crippen molar-refractivity contribution in [1.29, 1.82) is 0 Å². The lowest BCUT2D eigenvalue weighted by atomic mass is 10.2. The molecular formula is C13H8F3N5O3S. The molecule has 130 valence electrons. The Morgan fingerprint density at radius 2 is 1.76 bits per heavy atom. The molecule has 3 aromatic heterocycles. The van der Waals surface area contributed by atoms with Gasteiger partial charge in [0.1, 0.15) is 0 Å². The van der Waals surface area contributed by atoms with E-state index in [0.29, 0.717) is 5.56 Å². The number of hydrogen-bond donors (Lipinski definition) is 1. The van der Waals surface area contributed by atoms with Crippen LogP contribution in [-0.2, 0) is 16.3 Å². The van der Waals surface area contributed by atoms with Gasteiger partial charge in [-0.25, -0.2) is 14.6 Å². The van der Waals surface area contributed by atoms with Crippen LogP contribution in [0.3, 0.4) is 0 Å². The standard InChI is InChI=1S/C13H8F3N5O3S/c14-13(15,16)12-19-11(8-3-5-17-6-4-8)21(20-12)9-1-2-10(18-7-9)25(22,23)24/h1-7H,(H,22,23,24). The Balaban J connectivity index is 2.16. The van der Waals surface area contributed by atoms with E-state index >= 15 is 0 Å². The van der Waals surface area contributed by atoms with Crippen molar-refractivity contribution in [2.75, 3.05) is 0 Å². The highest BCUT2D eigenvalue weighted by molar-refractivity contribution is 7.85. The molecule has 0 saturated heterocycles. The fraction of sp³-hybridized carbons (Fsp3) is 0.0769. The summed E-state index contributed by atoms with van der Waals surface area (Å²) in [6.07, 6.45) is -1.06. The second kappa shape index (κ2) is 5.89. The Morgan fingerprint density at radius 3 is 2.28 bits per heavy atom. The van der Waals surface area contributed by atoms with Gasteiger partial charge in [0.15, 0.2) is 10.9 Å². The van der Waals surface area contributed by atoms with Crippen LogP contribution in [0.2, 0.25) is 0 Å². The molecule has 3 rings (SSSR count). The molecule has 12 heteroatoms. The van der Waals surface area contributed by atoms with Gasteiger partial charge in [0.2, 0.25) is 0 Å². The highest BCUT2D eigenvalue weighted by atomic mass is 32.2. The van der Waals surface area contributed by atoms with Gasteiger partial charge in [-0.1, -0.05) is 0 Å². The van der Waals surface area contributed by atoms with E-state index in [1.165, 1.54) is 24.5 Å². The maximum Gasteiger partial charge on any atom is 0.453 e. The van der Waals surface area contributed by atoms with Crippen LogP contribution in [0.1, 0.15) is 5.82 Å². The molecule has 0 aliphatic carbocycles. The van der Waals surface area contributed by atoms with Crippen molar-refractivity contribution in [3.05, 3.63) is 48.7 Å². The molecule has 0 bridgehead atoms. The fourth-order valence-electron chi connectivity index (χ4n) is 1.95. The van der Waals surface area contributed by atoms with Gasteiger partial charge in [-0.05, 0) is 24.3 Å². The second-order valence-electron chi connectivity index (χ2n) is 4.73. The average Bonchev–Trinajstić information content (AvgIpc) is 3.00. The smallest absolute Gasteiger partial charge is 0.281 e. The van der Waals surface area contributed by atoms with Crippen molar-refractivity contribution < 1.29 is 26.1 Å². The minimum absolute atomic E-state index is 0.0298. The molecular weight excluding hydrogens is 363 g/mol. The molecule has 3 aromatic rings. The topological polar surface area (TPSA) is 111 Å². The van der Waals surface area contributed by atoms with Gasteiger partial charge < -0.3 is 0 Å². The summed E-state index contributed by atoms with van der Waals surface area (Å²) in [5.74, 6) is -1.49. The Hall–Kier alpha value is -2.86. The van der Waals surface area contributed by atoms with Gasteiger partial charge >= 0.3 is 16.3 Å². The van der Waals surface area contributed by atoms with E-state index in [9.17, 15) is 21.6 Å². The van der Waals surface area contributed by atoms with E-state index in [0.717, 1.165) is 23.0 Å². The van der Waals surface area contributed by atoms with Gasteiger partial charge in [0.05, 0.1) is 11.9 Å². The van der Waals surface area contributed by atoms with Crippen molar-refractivity contribution in [3.8, 4) is 17.1 Å². The van der Waals surface area contributed by atoms with Crippen LogP contribution in [0.25, 0.3) is 17.1 Å². The summed E-state index contributed by atoms with van der Waals surface area (Å²) in [5.41, 5.74) is 0.346. The molecule has 0 spiro atoms. The lowest BCUT2D eigenvalue weighted by molar-refractivity contribution is -0.144. The molecule has 0 radical (unpaired) electrons. The molecule has 0 aliphatic heterocycles. The van der Waals surface area contributed by atoms with Gasteiger partial charge in [-0.15, -0.1) is 5.10 Å². The van der Waals surface area contributed by atoms with Crippen LogP contribution in [0.5, 0.6) is 0 Å². The maximum atomic E-state index is 13.0. The molecule has 0 atom stereocenters. The predicted molar refractivity (Wildman–Crippen MR) is 77.2 cm³/mol. The summed E-state index contributed by atoms with van der Waals surface area (Å²) in [6.45, 7) is 0.